The fraction of sp³-hybridized carbons (Fsp3) is 0.200. The van der Waals surface area contributed by atoms with Gasteiger partial charge in [0.2, 0.25) is 0 Å². The molecule has 2 aromatic rings. The Bertz CT molecular complexity index is 684. The number of hydrogen-bond acceptors (Lipinski definition) is 3. The summed E-state index contributed by atoms with van der Waals surface area (Å²) in [6, 6.07) is 9.12. The lowest BCUT2D eigenvalue weighted by molar-refractivity contribution is -0.141. The van der Waals surface area contributed by atoms with Gasteiger partial charge in [0.05, 0.1) is 17.9 Å². The lowest BCUT2D eigenvalue weighted by Gasteiger charge is -2.13. The molecule has 0 amide bonds. The van der Waals surface area contributed by atoms with Gasteiger partial charge < -0.3 is 4.74 Å². The van der Waals surface area contributed by atoms with E-state index in [0.29, 0.717) is 5.56 Å². The number of halogens is 4. The van der Waals surface area contributed by atoms with Gasteiger partial charge in [-0.15, -0.1) is 0 Å². The van der Waals surface area contributed by atoms with Crippen LogP contribution in [0.2, 0.25) is 0 Å². The first-order valence-electron chi connectivity index (χ1n) is 6.34. The first kappa shape index (κ1) is 16.5. The highest BCUT2D eigenvalue weighted by Crippen LogP contribution is 2.33. The highest BCUT2D eigenvalue weighted by atomic mass is 79.9. The predicted octanol–water partition coefficient (Wildman–Crippen LogP) is 4.71. The number of aromatic nitrogens is 1. The van der Waals surface area contributed by atoms with Gasteiger partial charge in [0, 0.05) is 10.0 Å². The molecule has 1 aromatic carbocycles. The predicted molar refractivity (Wildman–Crippen MR) is 78.3 cm³/mol. The van der Waals surface area contributed by atoms with Crippen molar-refractivity contribution in [2.24, 2.45) is 0 Å². The third-order valence-electron chi connectivity index (χ3n) is 2.80. The molecule has 0 radical (unpaired) electrons. The van der Waals surface area contributed by atoms with Crippen LogP contribution in [0.15, 0.2) is 40.9 Å². The smallest absolute Gasteiger partial charge is 0.434 e. The van der Waals surface area contributed by atoms with Crippen molar-refractivity contribution < 1.29 is 22.7 Å². The van der Waals surface area contributed by atoms with Crippen molar-refractivity contribution in [3.63, 3.8) is 0 Å². The van der Waals surface area contributed by atoms with Crippen LogP contribution in [0, 0.1) is 0 Å². The molecule has 0 saturated heterocycles. The zero-order chi connectivity index (χ0) is 16.3. The van der Waals surface area contributed by atoms with Crippen molar-refractivity contribution in [2.75, 3.05) is 6.61 Å². The summed E-state index contributed by atoms with van der Waals surface area (Å²) in [5.74, 6) is -1.04. The summed E-state index contributed by atoms with van der Waals surface area (Å²) in [6.07, 6.45) is -4.74. The van der Waals surface area contributed by atoms with Gasteiger partial charge in [-0.1, -0.05) is 28.1 Å². The molecule has 0 saturated carbocycles. The number of nitrogens with zero attached hydrogens (tertiary/aromatic N) is 1. The highest BCUT2D eigenvalue weighted by Gasteiger charge is 2.38. The van der Waals surface area contributed by atoms with Crippen LogP contribution in [0.3, 0.4) is 0 Å². The van der Waals surface area contributed by atoms with Crippen LogP contribution in [0.1, 0.15) is 23.0 Å². The standard InChI is InChI=1S/C15H11BrF3NO2/c1-2-22-14(21)11-7-8-12(20-13(11)15(17,18)19)9-3-5-10(16)6-4-9/h3-8H,2H2,1H3. The van der Waals surface area contributed by atoms with Crippen molar-refractivity contribution in [1.82, 2.24) is 4.98 Å². The second-order valence-electron chi connectivity index (χ2n) is 4.32. The van der Waals surface area contributed by atoms with Gasteiger partial charge >= 0.3 is 12.1 Å². The Morgan fingerprint density at radius 3 is 2.36 bits per heavy atom. The Kier molecular flexibility index (Phi) is 4.85. The van der Waals surface area contributed by atoms with Crippen LogP contribution in [0.25, 0.3) is 11.3 Å². The molecule has 0 atom stereocenters. The Morgan fingerprint density at radius 1 is 1.18 bits per heavy atom. The summed E-state index contributed by atoms with van der Waals surface area (Å²) in [6.45, 7) is 1.51. The van der Waals surface area contributed by atoms with E-state index in [-0.39, 0.29) is 12.3 Å². The maximum Gasteiger partial charge on any atom is 0.434 e. The zero-order valence-electron chi connectivity index (χ0n) is 11.4. The minimum Gasteiger partial charge on any atom is -0.462 e. The quantitative estimate of drug-likeness (QED) is 0.731. The van der Waals surface area contributed by atoms with Crippen molar-refractivity contribution in [3.05, 3.63) is 52.1 Å². The third-order valence-corrected chi connectivity index (χ3v) is 3.33. The Hall–Kier alpha value is -1.89. The monoisotopic (exact) mass is 373 g/mol. The lowest BCUT2D eigenvalue weighted by Crippen LogP contribution is -2.17. The molecular weight excluding hydrogens is 363 g/mol. The van der Waals surface area contributed by atoms with Gasteiger partial charge in [-0.05, 0) is 31.2 Å². The molecule has 7 heteroatoms. The van der Waals surface area contributed by atoms with E-state index >= 15 is 0 Å². The lowest BCUT2D eigenvalue weighted by atomic mass is 10.1. The van der Waals surface area contributed by atoms with Crippen LogP contribution in [0.5, 0.6) is 0 Å². The minimum atomic E-state index is -4.74. The molecule has 1 heterocycles. The number of ether oxygens (including phenoxy) is 1. The summed E-state index contributed by atoms with van der Waals surface area (Å²) in [5.41, 5.74) is -1.18. The van der Waals surface area contributed by atoms with E-state index in [4.69, 9.17) is 0 Å². The zero-order valence-corrected chi connectivity index (χ0v) is 13.0. The van der Waals surface area contributed by atoms with Crippen molar-refractivity contribution in [3.8, 4) is 11.3 Å². The van der Waals surface area contributed by atoms with E-state index < -0.39 is 23.4 Å². The number of esters is 1. The van der Waals surface area contributed by atoms with E-state index in [9.17, 15) is 18.0 Å². The maximum atomic E-state index is 13.1. The number of carbonyl (C=O) groups excluding carboxylic acids is 1. The molecule has 22 heavy (non-hydrogen) atoms. The van der Waals surface area contributed by atoms with Crippen LogP contribution >= 0.6 is 15.9 Å². The van der Waals surface area contributed by atoms with Crippen molar-refractivity contribution >= 4 is 21.9 Å². The number of benzene rings is 1. The van der Waals surface area contributed by atoms with E-state index in [2.05, 4.69) is 25.7 Å². The SMILES string of the molecule is CCOC(=O)c1ccc(-c2ccc(Br)cc2)nc1C(F)(F)F. The Morgan fingerprint density at radius 2 is 1.82 bits per heavy atom. The summed E-state index contributed by atoms with van der Waals surface area (Å²) in [7, 11) is 0. The first-order valence-corrected chi connectivity index (χ1v) is 7.13. The van der Waals surface area contributed by atoms with E-state index in [1.807, 2.05) is 0 Å². The van der Waals surface area contributed by atoms with Crippen LogP contribution in [-0.2, 0) is 10.9 Å². The third kappa shape index (κ3) is 3.65. The van der Waals surface area contributed by atoms with E-state index in [1.54, 1.807) is 24.3 Å². The molecule has 0 aliphatic rings. The van der Waals surface area contributed by atoms with Crippen LogP contribution in [-0.4, -0.2) is 17.6 Å². The Labute approximate surface area is 133 Å². The molecule has 0 aliphatic heterocycles. The van der Waals surface area contributed by atoms with Gasteiger partial charge in [0.1, 0.15) is 0 Å². The van der Waals surface area contributed by atoms with Gasteiger partial charge in [0.25, 0.3) is 0 Å². The average Bonchev–Trinajstić information content (AvgIpc) is 2.47. The first-order chi connectivity index (χ1) is 10.3. The summed E-state index contributed by atoms with van der Waals surface area (Å²) < 4.78 is 44.8. The number of hydrogen-bond donors (Lipinski definition) is 0. The van der Waals surface area contributed by atoms with E-state index in [1.165, 1.54) is 13.0 Å². The molecule has 0 fully saturated rings. The molecule has 0 aliphatic carbocycles. The Balaban J connectivity index is 2.52. The van der Waals surface area contributed by atoms with Crippen molar-refractivity contribution in [2.45, 2.75) is 13.1 Å². The fourth-order valence-electron chi connectivity index (χ4n) is 1.83. The normalized spacial score (nSPS) is 11.3. The van der Waals surface area contributed by atoms with Gasteiger partial charge in [-0.25, -0.2) is 9.78 Å². The molecule has 116 valence electrons. The number of pyridine rings is 1. The summed E-state index contributed by atoms with van der Waals surface area (Å²) >= 11 is 3.25. The second kappa shape index (κ2) is 6.48. The molecule has 3 nitrogen and oxygen atoms in total. The molecule has 0 bridgehead atoms. The topological polar surface area (TPSA) is 39.2 Å². The molecule has 0 N–H and O–H groups in total. The summed E-state index contributed by atoms with van der Waals surface area (Å²) in [4.78, 5) is 15.2. The maximum absolute atomic E-state index is 13.1. The van der Waals surface area contributed by atoms with Gasteiger partial charge in [-0.2, -0.15) is 13.2 Å². The van der Waals surface area contributed by atoms with Gasteiger partial charge in [0.15, 0.2) is 5.69 Å². The molecular formula is C15H11BrF3NO2. The average molecular weight is 374 g/mol. The number of alkyl halides is 3. The minimum absolute atomic E-state index is 0.00933. The molecule has 0 unspecified atom stereocenters. The largest absolute Gasteiger partial charge is 0.462 e. The van der Waals surface area contributed by atoms with Gasteiger partial charge in [-0.3, -0.25) is 0 Å². The summed E-state index contributed by atoms with van der Waals surface area (Å²) in [5, 5.41) is 0. The fourth-order valence-corrected chi connectivity index (χ4v) is 2.09. The number of rotatable bonds is 3. The number of carbonyl (C=O) groups is 1. The van der Waals surface area contributed by atoms with Crippen molar-refractivity contribution in [1.29, 1.82) is 0 Å². The molecule has 1 aromatic heterocycles. The molecule has 2 rings (SSSR count). The van der Waals surface area contributed by atoms with E-state index in [0.717, 1.165) is 10.5 Å². The highest BCUT2D eigenvalue weighted by molar-refractivity contribution is 9.10. The second-order valence-corrected chi connectivity index (χ2v) is 5.23. The van der Waals surface area contributed by atoms with Crippen LogP contribution < -0.4 is 0 Å². The van der Waals surface area contributed by atoms with Crippen LogP contribution in [0.4, 0.5) is 13.2 Å². The molecule has 0 spiro atoms.